The number of hydrogen-bond donors (Lipinski definition) is 5. The summed E-state index contributed by atoms with van der Waals surface area (Å²) in [7, 11) is 3.05. The van der Waals surface area contributed by atoms with E-state index in [0.29, 0.717) is 86.9 Å². The standard InChI is InChI=1S/C51H59N15O10S/c1-7-65-35(18-27(3)59-65)46-55-25-32-31-20-29(44(53)69)23-38(76-17-11-13-61(5)40(67)12-16-62-41(68)24-39(49(62)72)77-26-33(52)50(73)74)42(31)63(47(32)57-46)14-9-10-15-64-43-34(21-30(45(54)70)22-37(43)75-6)56-51(64)58-48(71)36-19-28(4)60-66(36)8-2/h9-10,18-23,25,33,39H,7-8,11-17,24,26,52H2,1-6H3,(H2,53,69)(H2,54,70)(H,73,74)(H,56,58,71)/b10-9+. The van der Waals surface area contributed by atoms with Crippen molar-refractivity contribution in [2.45, 2.75) is 84.4 Å². The molecule has 8 N–H and O–H groups in total. The van der Waals surface area contributed by atoms with Gasteiger partial charge in [0.2, 0.25) is 35.5 Å². The lowest BCUT2D eigenvalue weighted by atomic mass is 10.1. The van der Waals surface area contributed by atoms with Gasteiger partial charge < -0.3 is 45.8 Å². The molecule has 0 radical (unpaired) electrons. The van der Waals surface area contributed by atoms with Crippen LogP contribution in [0.2, 0.25) is 0 Å². The Morgan fingerprint density at radius 3 is 2.26 bits per heavy atom. The van der Waals surface area contributed by atoms with Gasteiger partial charge in [-0.15, -0.1) is 11.8 Å². The van der Waals surface area contributed by atoms with E-state index < -0.39 is 46.8 Å². The van der Waals surface area contributed by atoms with Gasteiger partial charge in [-0.3, -0.25) is 53.1 Å². The number of thioether (sulfide) groups is 1. The SMILES string of the molecule is CCn1nc(C)cc1C(=O)Nc1nc2cc(C(N)=O)cc(OC)c2n1C/C=C/Cn1c2nc(-c3cc(C)nn3CC)ncc2c2cc(C(N)=O)cc(OCCCN(C)C(=O)CCN3C(=O)CC(SCC(N)C(=O)O)C3=O)c21. The second-order valence-electron chi connectivity index (χ2n) is 18.3. The number of anilines is 1. The van der Waals surface area contributed by atoms with Gasteiger partial charge >= 0.3 is 5.97 Å². The number of imide groups is 1. The van der Waals surface area contributed by atoms with Crippen molar-refractivity contribution in [1.29, 1.82) is 0 Å². The van der Waals surface area contributed by atoms with E-state index in [1.165, 1.54) is 24.1 Å². The van der Waals surface area contributed by atoms with E-state index in [1.54, 1.807) is 52.3 Å². The van der Waals surface area contributed by atoms with Gasteiger partial charge in [-0.05, 0) is 70.5 Å². The number of ether oxygens (including phenoxy) is 2. The second-order valence-corrected chi connectivity index (χ2v) is 19.5. The molecule has 1 fully saturated rings. The Labute approximate surface area is 444 Å². The highest BCUT2D eigenvalue weighted by molar-refractivity contribution is 8.00. The third-order valence-electron chi connectivity index (χ3n) is 13.0. The number of imidazole rings is 1. The monoisotopic (exact) mass is 1070 g/mol. The van der Waals surface area contributed by atoms with Crippen LogP contribution in [0.5, 0.6) is 11.5 Å². The molecule has 6 heterocycles. The van der Waals surface area contributed by atoms with Crippen LogP contribution in [0.3, 0.4) is 0 Å². The molecule has 7 aromatic rings. The van der Waals surface area contributed by atoms with E-state index in [1.807, 2.05) is 43.6 Å². The first-order valence-electron chi connectivity index (χ1n) is 24.7. The topological polar surface area (TPSA) is 339 Å². The van der Waals surface area contributed by atoms with E-state index in [4.69, 9.17) is 46.7 Å². The quantitative estimate of drug-likeness (QED) is 0.0329. The molecule has 2 unspecified atom stereocenters. The van der Waals surface area contributed by atoms with Crippen molar-refractivity contribution in [3.05, 3.63) is 83.0 Å². The summed E-state index contributed by atoms with van der Waals surface area (Å²) in [5.41, 5.74) is 21.8. The number of amides is 6. The van der Waals surface area contributed by atoms with Gasteiger partial charge in [0.25, 0.3) is 5.91 Å². The number of allylic oxidation sites excluding steroid dienone is 2. The van der Waals surface area contributed by atoms with Crippen molar-refractivity contribution in [3.8, 4) is 23.0 Å². The van der Waals surface area contributed by atoms with Gasteiger partial charge in [-0.2, -0.15) is 10.2 Å². The summed E-state index contributed by atoms with van der Waals surface area (Å²) < 4.78 is 19.3. The number of carboxylic acids is 1. The maximum Gasteiger partial charge on any atom is 0.321 e. The van der Waals surface area contributed by atoms with Crippen molar-refractivity contribution in [1.82, 2.24) is 53.4 Å². The maximum atomic E-state index is 13.8. The third-order valence-corrected chi connectivity index (χ3v) is 14.3. The van der Waals surface area contributed by atoms with Gasteiger partial charge in [-0.1, -0.05) is 12.2 Å². The van der Waals surface area contributed by atoms with Crippen LogP contribution >= 0.6 is 11.8 Å². The van der Waals surface area contributed by atoms with Crippen LogP contribution in [0.15, 0.2) is 54.7 Å². The second kappa shape index (κ2) is 23.1. The zero-order valence-corrected chi connectivity index (χ0v) is 44.1. The number of hydrogen-bond acceptors (Lipinski definition) is 16. The van der Waals surface area contributed by atoms with Crippen LogP contribution < -0.4 is 32.0 Å². The highest BCUT2D eigenvalue weighted by Gasteiger charge is 2.39. The number of aryl methyl sites for hydroxylation is 4. The number of fused-ring (bicyclic) bond motifs is 4. The van der Waals surface area contributed by atoms with Crippen LogP contribution in [0.25, 0.3) is 44.5 Å². The van der Waals surface area contributed by atoms with Crippen molar-refractivity contribution < 1.29 is 48.1 Å². The smallest absolute Gasteiger partial charge is 0.321 e. The Morgan fingerprint density at radius 2 is 1.57 bits per heavy atom. The van der Waals surface area contributed by atoms with Crippen LogP contribution in [-0.4, -0.2) is 151 Å². The van der Waals surface area contributed by atoms with Gasteiger partial charge in [0.05, 0.1) is 41.4 Å². The molecule has 8 rings (SSSR count). The maximum absolute atomic E-state index is 13.8. The number of nitrogens with two attached hydrogens (primary N) is 3. The molecule has 0 bridgehead atoms. The number of carbonyl (C=O) groups is 7. The highest BCUT2D eigenvalue weighted by atomic mass is 32.2. The first-order chi connectivity index (χ1) is 36.8. The predicted octanol–water partition coefficient (Wildman–Crippen LogP) is 3.26. The van der Waals surface area contributed by atoms with Crippen LogP contribution in [0, 0.1) is 13.8 Å². The first-order valence-corrected chi connectivity index (χ1v) is 25.7. The Balaban J connectivity index is 1.08. The number of carbonyl (C=O) groups excluding carboxylic acids is 6. The summed E-state index contributed by atoms with van der Waals surface area (Å²) in [6.45, 7) is 9.04. The molecule has 0 aliphatic carbocycles. The molecule has 1 saturated heterocycles. The molecule has 25 nitrogen and oxygen atoms in total. The number of primary amides is 2. The molecular weight excluding hydrogens is 1010 g/mol. The van der Waals surface area contributed by atoms with E-state index >= 15 is 0 Å². The number of nitrogens with one attached hydrogen (secondary N) is 1. The summed E-state index contributed by atoms with van der Waals surface area (Å²) in [5, 5.41) is 21.4. The number of aliphatic carboxylic acids is 1. The fourth-order valence-electron chi connectivity index (χ4n) is 9.10. The zero-order chi connectivity index (χ0) is 55.4. The van der Waals surface area contributed by atoms with E-state index in [2.05, 4.69) is 15.5 Å². The summed E-state index contributed by atoms with van der Waals surface area (Å²) in [4.78, 5) is 106. The first kappa shape index (κ1) is 54.6. The van der Waals surface area contributed by atoms with E-state index in [-0.39, 0.29) is 74.4 Å². The Kier molecular flexibility index (Phi) is 16.4. The minimum Gasteiger partial charge on any atom is -0.494 e. The highest BCUT2D eigenvalue weighted by Crippen LogP contribution is 2.37. The van der Waals surface area contributed by atoms with Crippen molar-refractivity contribution in [2.24, 2.45) is 17.2 Å². The van der Waals surface area contributed by atoms with E-state index in [0.717, 1.165) is 22.4 Å². The predicted molar refractivity (Wildman–Crippen MR) is 285 cm³/mol. The molecular formula is C51H59N15O10S. The number of methoxy groups -OCH3 is 1. The summed E-state index contributed by atoms with van der Waals surface area (Å²) in [6.07, 6.45) is 5.54. The molecule has 0 spiro atoms. The normalized spacial score (nSPS) is 14.1. The van der Waals surface area contributed by atoms with Gasteiger partial charge in [-0.25, -0.2) is 15.0 Å². The minimum absolute atomic E-state index is 0.0438. The fraction of sp³-hybridized carbons (Fsp3) is 0.373. The fourth-order valence-corrected chi connectivity index (χ4v) is 10.2. The van der Waals surface area contributed by atoms with Gasteiger partial charge in [0, 0.05) is 93.0 Å². The molecule has 77 heavy (non-hydrogen) atoms. The molecule has 1 aliphatic heterocycles. The Hall–Kier alpha value is -8.65. The van der Waals surface area contributed by atoms with Gasteiger partial charge in [0.15, 0.2) is 5.82 Å². The van der Waals surface area contributed by atoms with Crippen LogP contribution in [0.4, 0.5) is 5.95 Å². The average Bonchev–Trinajstić information content (AvgIpc) is 4.27. The molecule has 404 valence electrons. The molecule has 26 heteroatoms. The number of carboxylic acid groups (broad SMARTS) is 1. The molecule has 2 aromatic carbocycles. The molecule has 1 aliphatic rings. The molecule has 2 atom stereocenters. The lowest BCUT2D eigenvalue weighted by molar-refractivity contribution is -0.140. The number of nitrogens with zero attached hydrogens (tertiary/aromatic N) is 11. The largest absolute Gasteiger partial charge is 0.494 e. The number of likely N-dealkylation sites (tertiary alicyclic amines) is 1. The number of aromatic nitrogens is 9. The lowest BCUT2D eigenvalue weighted by Crippen LogP contribution is -2.37. The van der Waals surface area contributed by atoms with Crippen LogP contribution in [-0.2, 0) is 45.4 Å². The van der Waals surface area contributed by atoms with Gasteiger partial charge in [0.1, 0.15) is 40.1 Å². The number of rotatable bonds is 24. The van der Waals surface area contributed by atoms with Crippen molar-refractivity contribution >= 4 is 92.1 Å². The zero-order valence-electron chi connectivity index (χ0n) is 43.3. The Bertz CT molecular complexity index is 3520. The van der Waals surface area contributed by atoms with E-state index in [9.17, 15) is 33.6 Å². The van der Waals surface area contributed by atoms with Crippen molar-refractivity contribution in [3.63, 3.8) is 0 Å². The Morgan fingerprint density at radius 1 is 0.896 bits per heavy atom. The number of benzene rings is 2. The average molecular weight is 1070 g/mol. The summed E-state index contributed by atoms with van der Waals surface area (Å²) in [6, 6.07) is 8.64. The molecule has 6 amide bonds. The molecule has 5 aromatic heterocycles. The summed E-state index contributed by atoms with van der Waals surface area (Å²) in [5.74, 6) is -3.18. The third kappa shape index (κ3) is 11.5. The summed E-state index contributed by atoms with van der Waals surface area (Å²) >= 11 is 1.01. The van der Waals surface area contributed by atoms with Crippen LogP contribution in [0.1, 0.15) is 75.7 Å². The van der Waals surface area contributed by atoms with Crippen molar-refractivity contribution in [2.75, 3.05) is 44.9 Å². The minimum atomic E-state index is -1.21. The lowest BCUT2D eigenvalue weighted by Gasteiger charge is -2.20. The molecule has 0 saturated carbocycles.